The number of pyridine rings is 1. The highest BCUT2D eigenvalue weighted by atomic mass is 32.2. The summed E-state index contributed by atoms with van der Waals surface area (Å²) in [6.07, 6.45) is 4.33. The second kappa shape index (κ2) is 8.45. The number of amides is 1. The van der Waals surface area contributed by atoms with Crippen molar-refractivity contribution in [3.8, 4) is 0 Å². The molecule has 0 atom stereocenters. The minimum atomic E-state index is -3.78. The molecule has 0 radical (unpaired) electrons. The molecule has 6 nitrogen and oxygen atoms in total. The van der Waals surface area contributed by atoms with E-state index in [4.69, 9.17) is 0 Å². The molecule has 0 unspecified atom stereocenters. The molecule has 0 saturated carbocycles. The second-order valence-corrected chi connectivity index (χ2v) is 7.40. The van der Waals surface area contributed by atoms with E-state index in [1.165, 1.54) is 48.7 Å². The first kappa shape index (κ1) is 19.2. The van der Waals surface area contributed by atoms with Crippen molar-refractivity contribution in [1.29, 1.82) is 0 Å². The van der Waals surface area contributed by atoms with E-state index in [0.29, 0.717) is 11.3 Å². The summed E-state index contributed by atoms with van der Waals surface area (Å²) >= 11 is 0. The molecule has 3 rings (SSSR count). The van der Waals surface area contributed by atoms with Crippen molar-refractivity contribution < 1.29 is 17.6 Å². The van der Waals surface area contributed by atoms with Crippen molar-refractivity contribution in [3.05, 3.63) is 90.4 Å². The van der Waals surface area contributed by atoms with Crippen LogP contribution in [-0.2, 0) is 14.8 Å². The van der Waals surface area contributed by atoms with Gasteiger partial charge in [0.2, 0.25) is 5.91 Å². The van der Waals surface area contributed by atoms with Crippen LogP contribution in [0.15, 0.2) is 83.9 Å². The van der Waals surface area contributed by atoms with Crippen LogP contribution in [0.2, 0.25) is 0 Å². The monoisotopic (exact) mass is 397 g/mol. The number of hydrogen-bond acceptors (Lipinski definition) is 4. The van der Waals surface area contributed by atoms with Gasteiger partial charge in [-0.2, -0.15) is 0 Å². The van der Waals surface area contributed by atoms with Gasteiger partial charge < -0.3 is 5.32 Å². The Bertz CT molecular complexity index is 1080. The molecule has 0 bridgehead atoms. The average molecular weight is 397 g/mol. The Balaban J connectivity index is 1.63. The highest BCUT2D eigenvalue weighted by Gasteiger charge is 2.14. The van der Waals surface area contributed by atoms with Gasteiger partial charge in [-0.05, 0) is 60.2 Å². The van der Waals surface area contributed by atoms with E-state index in [1.807, 2.05) is 0 Å². The van der Waals surface area contributed by atoms with Crippen molar-refractivity contribution in [2.24, 2.45) is 0 Å². The number of hydrogen-bond donors (Lipinski definition) is 2. The summed E-state index contributed by atoms with van der Waals surface area (Å²) in [4.78, 5) is 15.9. The Morgan fingerprint density at radius 1 is 0.964 bits per heavy atom. The normalized spacial score (nSPS) is 11.3. The number of benzene rings is 2. The largest absolute Gasteiger partial charge is 0.323 e. The molecule has 0 saturated heterocycles. The molecule has 3 aromatic rings. The molecular weight excluding hydrogens is 381 g/mol. The third-order valence-electron chi connectivity index (χ3n) is 3.63. The summed E-state index contributed by atoms with van der Waals surface area (Å²) in [7, 11) is -3.78. The number of sulfonamides is 1. The number of halogens is 1. The highest BCUT2D eigenvalue weighted by Crippen LogP contribution is 2.17. The lowest BCUT2D eigenvalue weighted by atomic mass is 10.2. The smallest absolute Gasteiger partial charge is 0.263 e. The summed E-state index contributed by atoms with van der Waals surface area (Å²) in [5, 5.41) is 2.62. The molecule has 142 valence electrons. The van der Waals surface area contributed by atoms with Crippen molar-refractivity contribution in [1.82, 2.24) is 4.98 Å². The highest BCUT2D eigenvalue weighted by molar-refractivity contribution is 7.92. The van der Waals surface area contributed by atoms with Gasteiger partial charge in [0.15, 0.2) is 0 Å². The summed E-state index contributed by atoms with van der Waals surface area (Å²) in [5.74, 6) is -0.536. The van der Waals surface area contributed by atoms with E-state index < -0.39 is 15.9 Å². The average Bonchev–Trinajstić information content (AvgIpc) is 2.68. The van der Waals surface area contributed by atoms with E-state index in [-0.39, 0.29) is 16.5 Å². The zero-order chi connectivity index (χ0) is 20.0. The first-order chi connectivity index (χ1) is 13.4. The molecule has 2 N–H and O–H groups in total. The van der Waals surface area contributed by atoms with Crippen molar-refractivity contribution in [3.63, 3.8) is 0 Å². The quantitative estimate of drug-likeness (QED) is 0.621. The van der Waals surface area contributed by atoms with Crippen LogP contribution in [-0.4, -0.2) is 19.3 Å². The maximum absolute atomic E-state index is 12.9. The lowest BCUT2D eigenvalue weighted by Gasteiger charge is -2.08. The molecule has 2 aromatic carbocycles. The number of carbonyl (C=O) groups excluding carboxylic acids is 1. The minimum Gasteiger partial charge on any atom is -0.323 e. The van der Waals surface area contributed by atoms with E-state index in [2.05, 4.69) is 15.0 Å². The van der Waals surface area contributed by atoms with Gasteiger partial charge in [0.05, 0.1) is 4.90 Å². The fraction of sp³-hybridized carbons (Fsp3) is 0. The number of anilines is 2. The predicted octanol–water partition coefficient (Wildman–Crippen LogP) is 3.67. The standard InChI is InChI=1S/C20H16FN3O3S/c21-16-7-4-15(5-8-16)6-13-20(25)23-17-9-11-18(12-10-17)28(26,27)24-19-3-1-2-14-22-19/h1-14H,(H,22,24)(H,23,25). The van der Waals surface area contributed by atoms with E-state index in [9.17, 15) is 17.6 Å². The van der Waals surface area contributed by atoms with Gasteiger partial charge in [-0.3, -0.25) is 9.52 Å². The maximum Gasteiger partial charge on any atom is 0.263 e. The van der Waals surface area contributed by atoms with Gasteiger partial charge in [0.1, 0.15) is 11.6 Å². The van der Waals surface area contributed by atoms with Gasteiger partial charge in [0, 0.05) is 18.0 Å². The van der Waals surface area contributed by atoms with Crippen LogP contribution in [0.5, 0.6) is 0 Å². The summed E-state index contributed by atoms with van der Waals surface area (Å²) < 4.78 is 39.9. The number of nitrogens with zero attached hydrogens (tertiary/aromatic N) is 1. The van der Waals surface area contributed by atoms with Gasteiger partial charge >= 0.3 is 0 Å². The van der Waals surface area contributed by atoms with Crippen molar-refractivity contribution in [2.45, 2.75) is 4.90 Å². The van der Waals surface area contributed by atoms with Crippen LogP contribution in [0.3, 0.4) is 0 Å². The molecule has 28 heavy (non-hydrogen) atoms. The number of rotatable bonds is 6. The molecule has 1 aromatic heterocycles. The maximum atomic E-state index is 12.9. The Morgan fingerprint density at radius 3 is 2.32 bits per heavy atom. The Hall–Kier alpha value is -3.52. The Morgan fingerprint density at radius 2 is 1.68 bits per heavy atom. The molecule has 0 aliphatic carbocycles. The van der Waals surface area contributed by atoms with Gasteiger partial charge in [-0.15, -0.1) is 0 Å². The SMILES string of the molecule is O=C(C=Cc1ccc(F)cc1)Nc1ccc(S(=O)(=O)Nc2ccccn2)cc1. The van der Waals surface area contributed by atoms with Crippen LogP contribution in [0.1, 0.15) is 5.56 Å². The zero-order valence-electron chi connectivity index (χ0n) is 14.5. The van der Waals surface area contributed by atoms with Crippen LogP contribution in [0.25, 0.3) is 6.08 Å². The van der Waals surface area contributed by atoms with E-state index in [0.717, 1.165) is 0 Å². The topological polar surface area (TPSA) is 88.2 Å². The molecule has 0 spiro atoms. The summed E-state index contributed by atoms with van der Waals surface area (Å²) in [6.45, 7) is 0. The second-order valence-electron chi connectivity index (χ2n) is 5.72. The van der Waals surface area contributed by atoms with Crippen molar-refractivity contribution in [2.75, 3.05) is 10.0 Å². The Kier molecular flexibility index (Phi) is 5.81. The molecule has 0 aliphatic rings. The zero-order valence-corrected chi connectivity index (χ0v) is 15.4. The van der Waals surface area contributed by atoms with E-state index in [1.54, 1.807) is 36.4 Å². The predicted molar refractivity (Wildman–Crippen MR) is 106 cm³/mol. The third-order valence-corrected chi connectivity index (χ3v) is 5.00. The molecular formula is C20H16FN3O3S. The number of aromatic nitrogens is 1. The lowest BCUT2D eigenvalue weighted by Crippen LogP contribution is -2.14. The lowest BCUT2D eigenvalue weighted by molar-refractivity contribution is -0.111. The molecule has 0 aliphatic heterocycles. The molecule has 8 heteroatoms. The fourth-order valence-corrected chi connectivity index (χ4v) is 3.28. The number of carbonyl (C=O) groups is 1. The third kappa shape index (κ3) is 5.24. The van der Waals surface area contributed by atoms with Crippen LogP contribution in [0, 0.1) is 5.82 Å². The fourth-order valence-electron chi connectivity index (χ4n) is 2.27. The van der Waals surface area contributed by atoms with Gasteiger partial charge in [0.25, 0.3) is 10.0 Å². The van der Waals surface area contributed by atoms with Gasteiger partial charge in [-0.25, -0.2) is 17.8 Å². The molecule has 0 fully saturated rings. The van der Waals surface area contributed by atoms with Crippen molar-refractivity contribution >= 4 is 33.5 Å². The molecule has 1 amide bonds. The van der Waals surface area contributed by atoms with E-state index >= 15 is 0 Å². The summed E-state index contributed by atoms with van der Waals surface area (Å²) in [6, 6.07) is 16.3. The minimum absolute atomic E-state index is 0.0398. The summed E-state index contributed by atoms with van der Waals surface area (Å²) in [5.41, 5.74) is 1.11. The molecule has 1 heterocycles. The van der Waals surface area contributed by atoms with Crippen LogP contribution >= 0.6 is 0 Å². The van der Waals surface area contributed by atoms with Gasteiger partial charge in [-0.1, -0.05) is 18.2 Å². The number of nitrogens with one attached hydrogen (secondary N) is 2. The van der Waals surface area contributed by atoms with Crippen LogP contribution < -0.4 is 10.0 Å². The first-order valence-corrected chi connectivity index (χ1v) is 9.69. The first-order valence-electron chi connectivity index (χ1n) is 8.21. The van der Waals surface area contributed by atoms with Crippen LogP contribution in [0.4, 0.5) is 15.9 Å². The Labute approximate surface area is 161 Å².